The van der Waals surface area contributed by atoms with Gasteiger partial charge in [0.1, 0.15) is 11.6 Å². The number of phenols is 1. The zero-order valence-corrected chi connectivity index (χ0v) is 10.9. The van der Waals surface area contributed by atoms with Gasteiger partial charge >= 0.3 is 0 Å². The number of hydrogen-bond acceptors (Lipinski definition) is 4. The Morgan fingerprint density at radius 2 is 2.06 bits per heavy atom. The summed E-state index contributed by atoms with van der Waals surface area (Å²) in [4.78, 5) is 1.08. The molecule has 0 unspecified atom stereocenters. The molecule has 1 aromatic heterocycles. The molecule has 3 N–H and O–H groups in total. The van der Waals surface area contributed by atoms with E-state index in [1.54, 1.807) is 35.8 Å². The predicted molar refractivity (Wildman–Crippen MR) is 71.2 cm³/mol. The van der Waals surface area contributed by atoms with E-state index < -0.39 is 0 Å². The molecule has 17 heavy (non-hydrogen) atoms. The van der Waals surface area contributed by atoms with Crippen LogP contribution in [-0.2, 0) is 7.05 Å². The second kappa shape index (κ2) is 4.33. The SMILES string of the molecule is CSc1cc(C)c(O)cc1-c1cnn(C)c1N. The summed E-state index contributed by atoms with van der Waals surface area (Å²) in [6.45, 7) is 1.88. The first kappa shape index (κ1) is 11.9. The maximum atomic E-state index is 9.80. The summed E-state index contributed by atoms with van der Waals surface area (Å²) in [5.41, 5.74) is 8.59. The van der Waals surface area contributed by atoms with Crippen molar-refractivity contribution in [1.82, 2.24) is 9.78 Å². The number of anilines is 1. The van der Waals surface area contributed by atoms with Gasteiger partial charge in [0.25, 0.3) is 0 Å². The van der Waals surface area contributed by atoms with Crippen molar-refractivity contribution in [2.45, 2.75) is 11.8 Å². The zero-order valence-electron chi connectivity index (χ0n) is 10.1. The van der Waals surface area contributed by atoms with Gasteiger partial charge in [-0.15, -0.1) is 11.8 Å². The lowest BCUT2D eigenvalue weighted by Crippen LogP contribution is -1.98. The van der Waals surface area contributed by atoms with Crippen LogP contribution in [-0.4, -0.2) is 21.1 Å². The van der Waals surface area contributed by atoms with Crippen LogP contribution in [0.1, 0.15) is 5.56 Å². The van der Waals surface area contributed by atoms with Crippen LogP contribution < -0.4 is 5.73 Å². The fourth-order valence-corrected chi connectivity index (χ4v) is 2.39. The number of aromatic nitrogens is 2. The normalized spacial score (nSPS) is 10.8. The minimum Gasteiger partial charge on any atom is -0.508 e. The summed E-state index contributed by atoms with van der Waals surface area (Å²) < 4.78 is 1.62. The lowest BCUT2D eigenvalue weighted by Gasteiger charge is -2.09. The van der Waals surface area contributed by atoms with E-state index in [4.69, 9.17) is 5.73 Å². The Kier molecular flexibility index (Phi) is 3.02. The molecule has 1 heterocycles. The van der Waals surface area contributed by atoms with Gasteiger partial charge in [-0.2, -0.15) is 5.10 Å². The monoisotopic (exact) mass is 249 g/mol. The van der Waals surface area contributed by atoms with Gasteiger partial charge in [0.15, 0.2) is 0 Å². The van der Waals surface area contributed by atoms with Gasteiger partial charge in [0, 0.05) is 23.1 Å². The van der Waals surface area contributed by atoms with Crippen molar-refractivity contribution in [3.8, 4) is 16.9 Å². The van der Waals surface area contributed by atoms with E-state index in [1.165, 1.54) is 0 Å². The van der Waals surface area contributed by atoms with Crippen LogP contribution in [0.2, 0.25) is 0 Å². The molecular formula is C12H15N3OS. The van der Waals surface area contributed by atoms with Crippen molar-refractivity contribution < 1.29 is 5.11 Å². The highest BCUT2D eigenvalue weighted by Crippen LogP contribution is 2.37. The smallest absolute Gasteiger partial charge is 0.129 e. The highest BCUT2D eigenvalue weighted by atomic mass is 32.2. The Morgan fingerprint density at radius 1 is 1.35 bits per heavy atom. The average Bonchev–Trinajstić information content (AvgIpc) is 2.63. The summed E-state index contributed by atoms with van der Waals surface area (Å²) >= 11 is 1.63. The number of thioether (sulfide) groups is 1. The van der Waals surface area contributed by atoms with Crippen molar-refractivity contribution in [3.63, 3.8) is 0 Å². The first-order valence-electron chi connectivity index (χ1n) is 5.20. The Morgan fingerprint density at radius 3 is 2.59 bits per heavy atom. The van der Waals surface area contributed by atoms with E-state index >= 15 is 0 Å². The van der Waals surface area contributed by atoms with Crippen LogP contribution in [0.3, 0.4) is 0 Å². The van der Waals surface area contributed by atoms with E-state index in [1.807, 2.05) is 19.2 Å². The molecule has 0 aliphatic carbocycles. The number of hydrogen-bond donors (Lipinski definition) is 2. The second-order valence-electron chi connectivity index (χ2n) is 3.91. The third kappa shape index (κ3) is 1.98. The number of aryl methyl sites for hydroxylation is 2. The number of nitrogens with zero attached hydrogens (tertiary/aromatic N) is 2. The minimum absolute atomic E-state index is 0.279. The molecule has 0 bridgehead atoms. The van der Waals surface area contributed by atoms with Gasteiger partial charge in [-0.3, -0.25) is 4.68 Å². The van der Waals surface area contributed by atoms with Crippen molar-refractivity contribution >= 4 is 17.6 Å². The van der Waals surface area contributed by atoms with Crippen molar-refractivity contribution in [1.29, 1.82) is 0 Å². The average molecular weight is 249 g/mol. The molecule has 0 radical (unpaired) electrons. The molecule has 2 rings (SSSR count). The quantitative estimate of drug-likeness (QED) is 0.802. The highest BCUT2D eigenvalue weighted by Gasteiger charge is 2.13. The standard InChI is InChI=1S/C12H15N3OS/c1-7-4-11(17-3)8(5-10(7)16)9-6-14-15(2)12(9)13/h4-6,16H,13H2,1-3H3. The first-order chi connectivity index (χ1) is 8.04. The van der Waals surface area contributed by atoms with Gasteiger partial charge in [0.05, 0.1) is 6.20 Å². The molecule has 5 heteroatoms. The summed E-state index contributed by atoms with van der Waals surface area (Å²) in [7, 11) is 1.80. The summed E-state index contributed by atoms with van der Waals surface area (Å²) in [5, 5.41) is 13.9. The molecule has 0 atom stereocenters. The van der Waals surface area contributed by atoms with Gasteiger partial charge in [-0.1, -0.05) is 0 Å². The highest BCUT2D eigenvalue weighted by molar-refractivity contribution is 7.98. The Labute approximate surface area is 104 Å². The molecular weight excluding hydrogens is 234 g/mol. The molecule has 1 aromatic carbocycles. The van der Waals surface area contributed by atoms with E-state index in [2.05, 4.69) is 5.10 Å². The molecule has 0 saturated heterocycles. The van der Waals surface area contributed by atoms with E-state index in [9.17, 15) is 5.11 Å². The molecule has 0 amide bonds. The lowest BCUT2D eigenvalue weighted by atomic mass is 10.1. The fourth-order valence-electron chi connectivity index (χ4n) is 1.70. The zero-order chi connectivity index (χ0) is 12.6. The van der Waals surface area contributed by atoms with Gasteiger partial charge < -0.3 is 10.8 Å². The van der Waals surface area contributed by atoms with Crippen LogP contribution in [0.5, 0.6) is 5.75 Å². The molecule has 0 aliphatic heterocycles. The number of phenolic OH excluding ortho intramolecular Hbond substituents is 1. The van der Waals surface area contributed by atoms with E-state index in [-0.39, 0.29) is 5.75 Å². The van der Waals surface area contributed by atoms with E-state index in [0.29, 0.717) is 5.82 Å². The van der Waals surface area contributed by atoms with Gasteiger partial charge in [-0.25, -0.2) is 0 Å². The van der Waals surface area contributed by atoms with Crippen LogP contribution in [0.15, 0.2) is 23.2 Å². The van der Waals surface area contributed by atoms with Crippen molar-refractivity contribution in [2.75, 3.05) is 12.0 Å². The Bertz CT molecular complexity index is 563. The molecule has 4 nitrogen and oxygen atoms in total. The summed E-state index contributed by atoms with van der Waals surface area (Å²) in [6, 6.07) is 3.70. The predicted octanol–water partition coefficient (Wildman–Crippen LogP) is 2.41. The number of benzene rings is 1. The number of nitrogen functional groups attached to an aromatic ring is 1. The maximum absolute atomic E-state index is 9.80. The Hall–Kier alpha value is -1.62. The summed E-state index contributed by atoms with van der Waals surface area (Å²) in [6.07, 6.45) is 3.72. The summed E-state index contributed by atoms with van der Waals surface area (Å²) in [5.74, 6) is 0.879. The van der Waals surface area contributed by atoms with Crippen molar-refractivity contribution in [2.24, 2.45) is 7.05 Å². The largest absolute Gasteiger partial charge is 0.508 e. The lowest BCUT2D eigenvalue weighted by molar-refractivity contribution is 0.471. The molecule has 0 spiro atoms. The fraction of sp³-hybridized carbons (Fsp3) is 0.250. The van der Waals surface area contributed by atoms with E-state index in [0.717, 1.165) is 21.6 Å². The Balaban J connectivity index is 2.66. The minimum atomic E-state index is 0.279. The van der Waals surface area contributed by atoms with Gasteiger partial charge in [-0.05, 0) is 30.9 Å². The van der Waals surface area contributed by atoms with Crippen LogP contribution in [0.4, 0.5) is 5.82 Å². The molecule has 0 aliphatic rings. The van der Waals surface area contributed by atoms with Crippen LogP contribution in [0.25, 0.3) is 11.1 Å². The van der Waals surface area contributed by atoms with Crippen molar-refractivity contribution in [3.05, 3.63) is 23.9 Å². The molecule has 90 valence electrons. The third-order valence-corrected chi connectivity index (χ3v) is 3.57. The van der Waals surface area contributed by atoms with Gasteiger partial charge in [0.2, 0.25) is 0 Å². The maximum Gasteiger partial charge on any atom is 0.129 e. The van der Waals surface area contributed by atoms with Crippen LogP contribution in [0, 0.1) is 6.92 Å². The molecule has 0 fully saturated rings. The third-order valence-electron chi connectivity index (χ3n) is 2.79. The first-order valence-corrected chi connectivity index (χ1v) is 6.42. The second-order valence-corrected chi connectivity index (χ2v) is 4.75. The van der Waals surface area contributed by atoms with Crippen LogP contribution >= 0.6 is 11.8 Å². The number of aromatic hydroxyl groups is 1. The molecule has 2 aromatic rings. The topological polar surface area (TPSA) is 64.1 Å². The molecule has 0 saturated carbocycles. The number of rotatable bonds is 2. The number of nitrogens with two attached hydrogens (primary N) is 1.